The molecule has 1 aromatic heterocycles. The van der Waals surface area contributed by atoms with Gasteiger partial charge in [-0.2, -0.15) is 0 Å². The first-order chi connectivity index (χ1) is 12.1. The third-order valence-corrected chi connectivity index (χ3v) is 4.14. The monoisotopic (exact) mass is 341 g/mol. The van der Waals surface area contributed by atoms with Crippen molar-refractivity contribution < 1.29 is 9.72 Å². The highest BCUT2D eigenvalue weighted by molar-refractivity contribution is 5.94. The number of nitro groups is 1. The van der Waals surface area contributed by atoms with Gasteiger partial charge in [0.05, 0.1) is 4.92 Å². The van der Waals surface area contributed by atoms with Crippen LogP contribution in [0.2, 0.25) is 0 Å². The van der Waals surface area contributed by atoms with E-state index in [1.54, 1.807) is 0 Å². The number of hydrogen-bond donors (Lipinski definition) is 1. The maximum Gasteiger partial charge on any atom is 0.305 e. The maximum absolute atomic E-state index is 12.4. The third kappa shape index (κ3) is 4.28. The van der Waals surface area contributed by atoms with Crippen LogP contribution >= 0.6 is 0 Å². The maximum atomic E-state index is 12.4. The van der Waals surface area contributed by atoms with Crippen LogP contribution < -0.4 is 5.32 Å². The van der Waals surface area contributed by atoms with Gasteiger partial charge in [0.2, 0.25) is 5.95 Å². The third-order valence-electron chi connectivity index (χ3n) is 4.14. The van der Waals surface area contributed by atoms with Crippen LogP contribution in [0.3, 0.4) is 0 Å². The zero-order valence-electron chi connectivity index (χ0n) is 13.7. The first-order valence-electron chi connectivity index (χ1n) is 8.22. The number of likely N-dealkylation sites (tertiary alicyclic amines) is 1. The Balaban J connectivity index is 1.57. The number of carbonyl (C=O) groups is 1. The van der Waals surface area contributed by atoms with E-state index in [4.69, 9.17) is 0 Å². The molecule has 1 aromatic carbocycles. The van der Waals surface area contributed by atoms with Crippen molar-refractivity contribution in [1.82, 2.24) is 14.9 Å². The second kappa shape index (κ2) is 7.69. The highest BCUT2D eigenvalue weighted by Crippen LogP contribution is 2.14. The average Bonchev–Trinajstić information content (AvgIpc) is 2.67. The van der Waals surface area contributed by atoms with Crippen LogP contribution in [0.15, 0.2) is 36.7 Å². The van der Waals surface area contributed by atoms with Crippen LogP contribution in [0.1, 0.15) is 35.2 Å². The van der Waals surface area contributed by atoms with E-state index in [2.05, 4.69) is 15.3 Å². The average molecular weight is 341 g/mol. The second-order valence-electron chi connectivity index (χ2n) is 5.93. The molecule has 8 nitrogen and oxygen atoms in total. The molecular weight excluding hydrogens is 322 g/mol. The molecule has 25 heavy (non-hydrogen) atoms. The van der Waals surface area contributed by atoms with Gasteiger partial charge in [0.1, 0.15) is 12.4 Å². The van der Waals surface area contributed by atoms with E-state index in [1.165, 1.54) is 6.42 Å². The number of rotatable bonds is 5. The van der Waals surface area contributed by atoms with E-state index >= 15 is 0 Å². The molecule has 0 spiro atoms. The smallest absolute Gasteiger partial charge is 0.305 e. The molecule has 1 amide bonds. The molecular formula is C17H19N5O3. The minimum atomic E-state index is -0.540. The molecule has 0 unspecified atom stereocenters. The predicted octanol–water partition coefficient (Wildman–Crippen LogP) is 2.62. The minimum Gasteiger partial charge on any atom is -0.350 e. The van der Waals surface area contributed by atoms with Crippen molar-refractivity contribution in [2.45, 2.75) is 25.8 Å². The van der Waals surface area contributed by atoms with Crippen LogP contribution in [0.4, 0.5) is 11.6 Å². The standard InChI is InChI=1S/C17H19N5O3/c23-16(21-8-2-1-3-9-21)14-6-4-13(5-7-14)10-18-17-19-11-15(12-20-17)22(24)25/h4-7,11-12H,1-3,8-10H2,(H,18,19,20). The van der Waals surface area contributed by atoms with E-state index < -0.39 is 4.92 Å². The molecule has 0 bridgehead atoms. The van der Waals surface area contributed by atoms with Crippen molar-refractivity contribution in [3.05, 3.63) is 57.9 Å². The molecule has 0 radical (unpaired) electrons. The molecule has 1 fully saturated rings. The Labute approximate surface area is 145 Å². The fraction of sp³-hybridized carbons (Fsp3) is 0.353. The Morgan fingerprint density at radius 3 is 2.36 bits per heavy atom. The van der Waals surface area contributed by atoms with Crippen LogP contribution in [0.5, 0.6) is 0 Å². The number of nitrogens with zero attached hydrogens (tertiary/aromatic N) is 4. The Kier molecular flexibility index (Phi) is 5.17. The van der Waals surface area contributed by atoms with Gasteiger partial charge in [0.15, 0.2) is 0 Å². The summed E-state index contributed by atoms with van der Waals surface area (Å²) in [4.78, 5) is 32.1. The van der Waals surface area contributed by atoms with Gasteiger partial charge in [-0.3, -0.25) is 14.9 Å². The molecule has 1 aliphatic heterocycles. The molecule has 0 aliphatic carbocycles. The number of nitrogens with one attached hydrogen (secondary N) is 1. The highest BCUT2D eigenvalue weighted by Gasteiger charge is 2.17. The Morgan fingerprint density at radius 2 is 1.76 bits per heavy atom. The quantitative estimate of drug-likeness (QED) is 0.662. The van der Waals surface area contributed by atoms with Crippen LogP contribution in [-0.2, 0) is 6.54 Å². The minimum absolute atomic E-state index is 0.0814. The number of amides is 1. The highest BCUT2D eigenvalue weighted by atomic mass is 16.6. The molecule has 3 rings (SSSR count). The SMILES string of the molecule is O=C(c1ccc(CNc2ncc([N+](=O)[O-])cn2)cc1)N1CCCCC1. The largest absolute Gasteiger partial charge is 0.350 e. The van der Waals surface area contributed by atoms with Gasteiger partial charge < -0.3 is 10.2 Å². The first kappa shape index (κ1) is 16.8. The van der Waals surface area contributed by atoms with Crippen molar-refractivity contribution >= 4 is 17.5 Å². The van der Waals surface area contributed by atoms with Gasteiger partial charge >= 0.3 is 5.69 Å². The Bertz CT molecular complexity index is 740. The molecule has 0 atom stereocenters. The van der Waals surface area contributed by atoms with Gasteiger partial charge in [-0.15, -0.1) is 0 Å². The summed E-state index contributed by atoms with van der Waals surface area (Å²) in [7, 11) is 0. The molecule has 1 N–H and O–H groups in total. The van der Waals surface area contributed by atoms with Gasteiger partial charge in [-0.1, -0.05) is 12.1 Å². The fourth-order valence-electron chi connectivity index (χ4n) is 2.73. The number of carbonyl (C=O) groups excluding carboxylic acids is 1. The van der Waals surface area contributed by atoms with Crippen molar-refractivity contribution in [3.63, 3.8) is 0 Å². The fourth-order valence-corrected chi connectivity index (χ4v) is 2.73. The number of piperidine rings is 1. The summed E-state index contributed by atoms with van der Waals surface area (Å²) in [5, 5.41) is 13.6. The van der Waals surface area contributed by atoms with Crippen molar-refractivity contribution in [2.24, 2.45) is 0 Å². The van der Waals surface area contributed by atoms with Crippen molar-refractivity contribution in [3.8, 4) is 0 Å². The number of aromatic nitrogens is 2. The lowest BCUT2D eigenvalue weighted by molar-refractivity contribution is -0.385. The zero-order valence-corrected chi connectivity index (χ0v) is 13.7. The van der Waals surface area contributed by atoms with Crippen LogP contribution in [0, 0.1) is 10.1 Å². The molecule has 1 saturated heterocycles. The summed E-state index contributed by atoms with van der Waals surface area (Å²) >= 11 is 0. The van der Waals surface area contributed by atoms with Crippen LogP contribution in [-0.4, -0.2) is 38.8 Å². The first-order valence-corrected chi connectivity index (χ1v) is 8.22. The molecule has 2 heterocycles. The number of hydrogen-bond acceptors (Lipinski definition) is 6. The van der Waals surface area contributed by atoms with E-state index in [0.29, 0.717) is 18.1 Å². The van der Waals surface area contributed by atoms with Gasteiger partial charge in [-0.25, -0.2) is 9.97 Å². The van der Waals surface area contributed by atoms with E-state index in [1.807, 2.05) is 29.2 Å². The Morgan fingerprint density at radius 1 is 1.12 bits per heavy atom. The predicted molar refractivity (Wildman–Crippen MR) is 92.2 cm³/mol. The topological polar surface area (TPSA) is 101 Å². The second-order valence-corrected chi connectivity index (χ2v) is 5.93. The molecule has 8 heteroatoms. The van der Waals surface area contributed by atoms with Gasteiger partial charge in [0.25, 0.3) is 5.91 Å². The van der Waals surface area contributed by atoms with Crippen molar-refractivity contribution in [1.29, 1.82) is 0 Å². The molecule has 0 saturated carbocycles. The summed E-state index contributed by atoms with van der Waals surface area (Å²) in [5.41, 5.74) is 1.51. The zero-order chi connectivity index (χ0) is 17.6. The molecule has 1 aliphatic rings. The normalized spacial score (nSPS) is 14.2. The summed E-state index contributed by atoms with van der Waals surface area (Å²) < 4.78 is 0. The lowest BCUT2D eigenvalue weighted by Gasteiger charge is -2.26. The van der Waals surface area contributed by atoms with E-state index in [-0.39, 0.29) is 11.6 Å². The van der Waals surface area contributed by atoms with Gasteiger partial charge in [0, 0.05) is 25.2 Å². The summed E-state index contributed by atoms with van der Waals surface area (Å²) in [6.07, 6.45) is 5.66. The summed E-state index contributed by atoms with van der Waals surface area (Å²) in [5.74, 6) is 0.400. The number of benzene rings is 1. The summed E-state index contributed by atoms with van der Waals surface area (Å²) in [6.45, 7) is 2.13. The van der Waals surface area contributed by atoms with Gasteiger partial charge in [-0.05, 0) is 37.0 Å². The van der Waals surface area contributed by atoms with Crippen LogP contribution in [0.25, 0.3) is 0 Å². The van der Waals surface area contributed by atoms with Crippen molar-refractivity contribution in [2.75, 3.05) is 18.4 Å². The Hall–Kier alpha value is -3.03. The number of anilines is 1. The molecule has 2 aromatic rings. The molecule has 130 valence electrons. The van der Waals surface area contributed by atoms with E-state index in [9.17, 15) is 14.9 Å². The van der Waals surface area contributed by atoms with E-state index in [0.717, 1.165) is 43.9 Å². The lowest BCUT2D eigenvalue weighted by atomic mass is 10.1. The lowest BCUT2D eigenvalue weighted by Crippen LogP contribution is -2.35. The summed E-state index contributed by atoms with van der Waals surface area (Å²) in [6, 6.07) is 7.42.